The Morgan fingerprint density at radius 3 is 2.50 bits per heavy atom. The fourth-order valence-electron chi connectivity index (χ4n) is 2.87. The van der Waals surface area contributed by atoms with Gasteiger partial charge in [0.25, 0.3) is 5.91 Å². The number of nitrogens with one attached hydrogen (secondary N) is 1. The number of methoxy groups -OCH3 is 1. The zero-order chi connectivity index (χ0) is 15.6. The number of piperidine rings is 1. The van der Waals surface area contributed by atoms with E-state index in [2.05, 4.69) is 10.2 Å². The largest absolute Gasteiger partial charge is 0.497 e. The predicted molar refractivity (Wildman–Crippen MR) is 89.5 cm³/mol. The minimum Gasteiger partial charge on any atom is -0.497 e. The van der Waals surface area contributed by atoms with Gasteiger partial charge in [0.2, 0.25) is 0 Å². The minimum absolute atomic E-state index is 0.00122. The second kappa shape index (κ2) is 9.46. The van der Waals surface area contributed by atoms with Gasteiger partial charge in [-0.2, -0.15) is 0 Å². The average molecular weight is 304 g/mol. The highest BCUT2D eigenvalue weighted by molar-refractivity contribution is 5.94. The summed E-state index contributed by atoms with van der Waals surface area (Å²) in [6.45, 7) is 4.51. The normalized spacial score (nSPS) is 15.5. The summed E-state index contributed by atoms with van der Waals surface area (Å²) in [5.74, 6) is 0.771. The van der Waals surface area contributed by atoms with Gasteiger partial charge in [-0.25, -0.2) is 0 Å². The van der Waals surface area contributed by atoms with Crippen LogP contribution < -0.4 is 10.1 Å². The molecule has 1 N–H and O–H groups in total. The van der Waals surface area contributed by atoms with Crippen LogP contribution in [0.15, 0.2) is 24.3 Å². The van der Waals surface area contributed by atoms with Gasteiger partial charge in [0.15, 0.2) is 0 Å². The Morgan fingerprint density at radius 2 is 1.82 bits per heavy atom. The van der Waals surface area contributed by atoms with E-state index >= 15 is 0 Å². The molecule has 122 valence electrons. The van der Waals surface area contributed by atoms with Gasteiger partial charge in [0.05, 0.1) is 7.11 Å². The van der Waals surface area contributed by atoms with Crippen molar-refractivity contribution < 1.29 is 9.53 Å². The fourth-order valence-corrected chi connectivity index (χ4v) is 2.87. The van der Waals surface area contributed by atoms with Crippen molar-refractivity contribution in [3.05, 3.63) is 29.8 Å². The highest BCUT2D eigenvalue weighted by Gasteiger charge is 2.09. The van der Waals surface area contributed by atoms with Crippen LogP contribution in [0.3, 0.4) is 0 Å². The Hall–Kier alpha value is -1.55. The number of nitrogens with zero attached hydrogens (tertiary/aromatic N) is 1. The van der Waals surface area contributed by atoms with E-state index < -0.39 is 0 Å². The summed E-state index contributed by atoms with van der Waals surface area (Å²) in [6, 6.07) is 7.22. The number of unbranched alkanes of at least 4 members (excludes halogenated alkanes) is 2. The molecule has 1 aromatic rings. The Balaban J connectivity index is 1.54. The Morgan fingerprint density at radius 1 is 1.09 bits per heavy atom. The van der Waals surface area contributed by atoms with Crippen molar-refractivity contribution in [1.82, 2.24) is 10.2 Å². The molecule has 1 aliphatic rings. The molecule has 1 fully saturated rings. The van der Waals surface area contributed by atoms with Crippen LogP contribution in [0, 0.1) is 0 Å². The van der Waals surface area contributed by atoms with Crippen molar-refractivity contribution in [1.29, 1.82) is 0 Å². The number of amides is 1. The summed E-state index contributed by atoms with van der Waals surface area (Å²) in [5.41, 5.74) is 0.689. The molecule has 0 radical (unpaired) electrons. The van der Waals surface area contributed by atoms with Crippen molar-refractivity contribution in [2.24, 2.45) is 0 Å². The molecule has 1 aromatic carbocycles. The predicted octanol–water partition coefficient (Wildman–Crippen LogP) is 3.08. The summed E-state index contributed by atoms with van der Waals surface area (Å²) >= 11 is 0. The van der Waals surface area contributed by atoms with Crippen molar-refractivity contribution >= 4 is 5.91 Å². The first-order valence-corrected chi connectivity index (χ1v) is 8.44. The highest BCUT2D eigenvalue weighted by Crippen LogP contribution is 2.11. The van der Waals surface area contributed by atoms with Gasteiger partial charge in [0, 0.05) is 12.1 Å². The van der Waals surface area contributed by atoms with Crippen LogP contribution in [0.1, 0.15) is 48.9 Å². The van der Waals surface area contributed by atoms with Crippen LogP contribution >= 0.6 is 0 Å². The Kier molecular flexibility index (Phi) is 7.23. The topological polar surface area (TPSA) is 41.6 Å². The number of carbonyl (C=O) groups excluding carboxylic acids is 1. The molecule has 1 amide bonds. The summed E-state index contributed by atoms with van der Waals surface area (Å²) < 4.78 is 5.09. The summed E-state index contributed by atoms with van der Waals surface area (Å²) in [4.78, 5) is 14.5. The average Bonchev–Trinajstić information content (AvgIpc) is 2.58. The number of rotatable bonds is 8. The van der Waals surface area contributed by atoms with Crippen LogP contribution in [-0.2, 0) is 0 Å². The van der Waals surface area contributed by atoms with Gasteiger partial charge in [0.1, 0.15) is 5.75 Å². The smallest absolute Gasteiger partial charge is 0.251 e. The van der Waals surface area contributed by atoms with Gasteiger partial charge in [-0.3, -0.25) is 4.79 Å². The summed E-state index contributed by atoms with van der Waals surface area (Å²) in [6.07, 6.45) is 7.58. The zero-order valence-electron chi connectivity index (χ0n) is 13.6. The molecule has 4 nitrogen and oxygen atoms in total. The lowest BCUT2D eigenvalue weighted by Gasteiger charge is -2.26. The lowest BCUT2D eigenvalue weighted by molar-refractivity contribution is 0.0952. The van der Waals surface area contributed by atoms with E-state index in [0.717, 1.165) is 18.7 Å². The summed E-state index contributed by atoms with van der Waals surface area (Å²) in [7, 11) is 1.62. The van der Waals surface area contributed by atoms with E-state index in [9.17, 15) is 4.79 Å². The molecule has 1 aliphatic heterocycles. The number of benzene rings is 1. The number of hydrogen-bond acceptors (Lipinski definition) is 3. The summed E-state index contributed by atoms with van der Waals surface area (Å²) in [5, 5.41) is 2.98. The van der Waals surface area contributed by atoms with E-state index in [4.69, 9.17) is 4.74 Å². The first-order valence-electron chi connectivity index (χ1n) is 8.44. The van der Waals surface area contributed by atoms with E-state index in [1.165, 1.54) is 51.7 Å². The number of likely N-dealkylation sites (tertiary alicyclic amines) is 1. The number of carbonyl (C=O) groups is 1. The van der Waals surface area contributed by atoms with Crippen LogP contribution in [0.25, 0.3) is 0 Å². The maximum atomic E-state index is 12.0. The third kappa shape index (κ3) is 5.68. The monoisotopic (exact) mass is 304 g/mol. The Bertz CT molecular complexity index is 439. The maximum absolute atomic E-state index is 12.0. The lowest BCUT2D eigenvalue weighted by Crippen LogP contribution is -2.30. The second-order valence-electron chi connectivity index (χ2n) is 5.95. The van der Waals surface area contributed by atoms with Crippen molar-refractivity contribution in [2.45, 2.75) is 38.5 Å². The van der Waals surface area contributed by atoms with Crippen molar-refractivity contribution in [3.63, 3.8) is 0 Å². The van der Waals surface area contributed by atoms with Crippen molar-refractivity contribution in [3.8, 4) is 5.75 Å². The van der Waals surface area contributed by atoms with Gasteiger partial charge >= 0.3 is 0 Å². The van der Waals surface area contributed by atoms with Crippen molar-refractivity contribution in [2.75, 3.05) is 33.3 Å². The first kappa shape index (κ1) is 16.8. The molecular weight excluding hydrogens is 276 g/mol. The zero-order valence-corrected chi connectivity index (χ0v) is 13.6. The molecule has 2 rings (SSSR count). The molecule has 0 atom stereocenters. The SMILES string of the molecule is COc1ccc(C(=O)NCCCCCN2CCCCC2)cc1. The maximum Gasteiger partial charge on any atom is 0.251 e. The first-order chi connectivity index (χ1) is 10.8. The molecule has 0 aliphatic carbocycles. The van der Waals surface area contributed by atoms with Gasteiger partial charge in [-0.15, -0.1) is 0 Å². The molecule has 0 aromatic heterocycles. The third-order valence-corrected chi connectivity index (χ3v) is 4.24. The minimum atomic E-state index is -0.00122. The number of ether oxygens (including phenoxy) is 1. The van der Waals surface area contributed by atoms with Crippen LogP contribution in [-0.4, -0.2) is 44.1 Å². The molecule has 22 heavy (non-hydrogen) atoms. The quantitative estimate of drug-likeness (QED) is 0.750. The molecule has 1 heterocycles. The molecule has 0 spiro atoms. The number of hydrogen-bond donors (Lipinski definition) is 1. The van der Waals surface area contributed by atoms with Crippen LogP contribution in [0.2, 0.25) is 0 Å². The molecule has 1 saturated heterocycles. The molecule has 0 unspecified atom stereocenters. The molecule has 0 saturated carbocycles. The van der Waals surface area contributed by atoms with E-state index in [1.54, 1.807) is 19.2 Å². The van der Waals surface area contributed by atoms with Crippen LogP contribution in [0.4, 0.5) is 0 Å². The van der Waals surface area contributed by atoms with Gasteiger partial charge in [-0.1, -0.05) is 12.8 Å². The fraction of sp³-hybridized carbons (Fsp3) is 0.611. The second-order valence-corrected chi connectivity index (χ2v) is 5.95. The molecule has 0 bridgehead atoms. The van der Waals surface area contributed by atoms with E-state index in [-0.39, 0.29) is 5.91 Å². The van der Waals surface area contributed by atoms with Gasteiger partial charge in [-0.05, 0) is 69.6 Å². The third-order valence-electron chi connectivity index (χ3n) is 4.24. The highest BCUT2D eigenvalue weighted by atomic mass is 16.5. The Labute approximate surface area is 133 Å². The standard InChI is InChI=1S/C18H28N2O2/c1-22-17-10-8-16(9-11-17)18(21)19-12-4-2-5-13-20-14-6-3-7-15-20/h8-11H,2-7,12-15H2,1H3,(H,19,21). The van der Waals surface area contributed by atoms with Gasteiger partial charge < -0.3 is 15.0 Å². The molecule has 4 heteroatoms. The van der Waals surface area contributed by atoms with E-state index in [0.29, 0.717) is 5.56 Å². The van der Waals surface area contributed by atoms with E-state index in [1.807, 2.05) is 12.1 Å². The van der Waals surface area contributed by atoms with Crippen LogP contribution in [0.5, 0.6) is 5.75 Å². The lowest BCUT2D eigenvalue weighted by atomic mass is 10.1. The molecular formula is C18H28N2O2.